The topological polar surface area (TPSA) is 62.5 Å². The van der Waals surface area contributed by atoms with Crippen LogP contribution in [-0.2, 0) is 30.7 Å². The van der Waals surface area contributed by atoms with Gasteiger partial charge in [-0.25, -0.2) is 0 Å². The zero-order valence-corrected chi connectivity index (χ0v) is 12.6. The molecule has 0 amide bonds. The molecule has 0 fully saturated rings. The Hall–Kier alpha value is -1.88. The Bertz CT molecular complexity index is 727. The molecule has 1 aliphatic carbocycles. The molecule has 104 valence electrons. The van der Waals surface area contributed by atoms with Gasteiger partial charge < -0.3 is 14.4 Å². The summed E-state index contributed by atoms with van der Waals surface area (Å²) >= 11 is 0. The van der Waals surface area contributed by atoms with Crippen molar-refractivity contribution in [3.63, 3.8) is 0 Å². The maximum absolute atomic E-state index is 9.55. The van der Waals surface area contributed by atoms with E-state index in [1.807, 2.05) is 12.1 Å². The number of nitriles is 1. The zero-order chi connectivity index (χ0) is 13.9. The zero-order valence-electron chi connectivity index (χ0n) is 10.9. The van der Waals surface area contributed by atoms with Gasteiger partial charge in [-0.2, -0.15) is 5.26 Å². The van der Waals surface area contributed by atoms with Crippen LogP contribution in [0.3, 0.4) is 0 Å². The van der Waals surface area contributed by atoms with Crippen LogP contribution in [0.2, 0.25) is 0 Å². The third-order valence-electron chi connectivity index (χ3n) is 3.03. The molecule has 1 aromatic rings. The molecule has 0 bridgehead atoms. The van der Waals surface area contributed by atoms with E-state index in [9.17, 15) is 5.02 Å². The van der Waals surface area contributed by atoms with Crippen molar-refractivity contribution in [2.45, 2.75) is 6.61 Å². The Kier molecular flexibility index (Phi) is 4.96. The molecular weight excluding hydrogens is 354 g/mol. The first kappa shape index (κ1) is 15.5. The van der Waals surface area contributed by atoms with Gasteiger partial charge >= 0.3 is 7.12 Å². The summed E-state index contributed by atoms with van der Waals surface area (Å²) in [7, 11) is -0.846. The second-order valence-electron chi connectivity index (χ2n) is 4.36. The molecule has 3 rings (SSSR count). The third-order valence-corrected chi connectivity index (χ3v) is 3.03. The average molecular weight is 364 g/mol. The molecule has 0 unspecified atom stereocenters. The number of allylic oxidation sites excluding steroid dienone is 4. The second kappa shape index (κ2) is 6.72. The van der Waals surface area contributed by atoms with E-state index in [0.29, 0.717) is 23.7 Å². The fourth-order valence-electron chi connectivity index (χ4n) is 2.03. The van der Waals surface area contributed by atoms with E-state index in [1.165, 1.54) is 0 Å². The molecule has 1 heterocycles. The normalized spacial score (nSPS) is 15.3. The Morgan fingerprint density at radius 2 is 2.24 bits per heavy atom. The van der Waals surface area contributed by atoms with Crippen LogP contribution in [0.4, 0.5) is 0 Å². The van der Waals surface area contributed by atoms with Crippen LogP contribution in [0.1, 0.15) is 5.56 Å². The molecule has 1 aromatic carbocycles. The van der Waals surface area contributed by atoms with Gasteiger partial charge in [0.1, 0.15) is 17.6 Å². The number of ether oxygens (including phenoxy) is 1. The molecular formula is C15H10BNO3Ru. The van der Waals surface area contributed by atoms with Crippen LogP contribution in [0.25, 0.3) is 0 Å². The van der Waals surface area contributed by atoms with Crippen molar-refractivity contribution >= 4 is 12.6 Å². The Labute approximate surface area is 135 Å². The van der Waals surface area contributed by atoms with E-state index in [-0.39, 0.29) is 19.5 Å². The molecule has 0 saturated carbocycles. The van der Waals surface area contributed by atoms with Crippen LogP contribution in [-0.4, -0.2) is 12.1 Å². The number of nitrogens with zero attached hydrogens (tertiary/aromatic N) is 1. The van der Waals surface area contributed by atoms with Crippen LogP contribution in [0.15, 0.2) is 59.6 Å². The molecule has 1 aliphatic heterocycles. The van der Waals surface area contributed by atoms with Crippen molar-refractivity contribution < 1.29 is 33.9 Å². The van der Waals surface area contributed by atoms with Gasteiger partial charge in [0.05, 0.1) is 12.2 Å². The smallest absolute Gasteiger partial charge is 0.457 e. The van der Waals surface area contributed by atoms with Crippen molar-refractivity contribution in [2.24, 2.45) is 0 Å². The summed E-state index contributed by atoms with van der Waals surface area (Å²) in [5.74, 6) is 1.27. The molecule has 21 heavy (non-hydrogen) atoms. The van der Waals surface area contributed by atoms with Crippen LogP contribution in [0, 0.1) is 11.3 Å². The summed E-state index contributed by atoms with van der Waals surface area (Å²) in [5, 5.41) is 18.4. The van der Waals surface area contributed by atoms with E-state index < -0.39 is 7.12 Å². The molecule has 1 N–H and O–H groups in total. The van der Waals surface area contributed by atoms with Crippen molar-refractivity contribution in [1.82, 2.24) is 0 Å². The van der Waals surface area contributed by atoms with Crippen molar-refractivity contribution in [3.8, 4) is 11.8 Å². The molecule has 4 nitrogen and oxygen atoms in total. The van der Waals surface area contributed by atoms with Gasteiger partial charge in [0.15, 0.2) is 0 Å². The van der Waals surface area contributed by atoms with Crippen molar-refractivity contribution in [2.75, 3.05) is 0 Å². The summed E-state index contributed by atoms with van der Waals surface area (Å²) < 4.78 is 10.9. The molecule has 0 saturated heterocycles. The number of rotatable bonds is 2. The summed E-state index contributed by atoms with van der Waals surface area (Å²) in [6, 6.07) is 7.43. The first-order chi connectivity index (χ1) is 9.76. The van der Waals surface area contributed by atoms with Crippen LogP contribution in [0.5, 0.6) is 5.75 Å². The third kappa shape index (κ3) is 3.42. The Morgan fingerprint density at radius 1 is 1.38 bits per heavy atom. The monoisotopic (exact) mass is 365 g/mol. The number of hydrogen-bond acceptors (Lipinski definition) is 4. The van der Waals surface area contributed by atoms with Crippen LogP contribution < -0.4 is 10.2 Å². The van der Waals surface area contributed by atoms with Crippen molar-refractivity contribution in [1.29, 1.82) is 5.26 Å². The van der Waals surface area contributed by atoms with Gasteiger partial charge in [0, 0.05) is 19.5 Å². The SMILES string of the molecule is N#CC1=C=CC=C(Oc2ccc3c(c2)COB3O)C=C1.[Ru]. The van der Waals surface area contributed by atoms with E-state index in [0.717, 1.165) is 11.0 Å². The largest absolute Gasteiger partial charge is 0.491 e. The Morgan fingerprint density at radius 3 is 3.05 bits per heavy atom. The van der Waals surface area contributed by atoms with Gasteiger partial charge in [-0.05, 0) is 47.5 Å². The number of benzene rings is 1. The summed E-state index contributed by atoms with van der Waals surface area (Å²) in [4.78, 5) is 0. The van der Waals surface area contributed by atoms with Gasteiger partial charge in [-0.1, -0.05) is 6.07 Å². The molecule has 2 aliphatic rings. The molecule has 0 radical (unpaired) electrons. The van der Waals surface area contributed by atoms with Gasteiger partial charge in [0.25, 0.3) is 0 Å². The predicted molar refractivity (Wildman–Crippen MR) is 73.9 cm³/mol. The van der Waals surface area contributed by atoms with E-state index in [2.05, 4.69) is 5.73 Å². The average Bonchev–Trinajstić information content (AvgIpc) is 2.69. The van der Waals surface area contributed by atoms with Gasteiger partial charge in [0.2, 0.25) is 0 Å². The summed E-state index contributed by atoms with van der Waals surface area (Å²) in [5.41, 5.74) is 4.97. The fourth-order valence-corrected chi connectivity index (χ4v) is 2.03. The quantitative estimate of drug-likeness (QED) is 0.636. The maximum Gasteiger partial charge on any atom is 0.491 e. The number of fused-ring (bicyclic) bond motifs is 1. The first-order valence-electron chi connectivity index (χ1n) is 6.12. The predicted octanol–water partition coefficient (Wildman–Crippen LogP) is 1.34. The van der Waals surface area contributed by atoms with Gasteiger partial charge in [-0.3, -0.25) is 0 Å². The number of hydrogen-bond donors (Lipinski definition) is 1. The summed E-state index contributed by atoms with van der Waals surface area (Å²) in [6.07, 6.45) is 6.75. The standard InChI is InChI=1S/C15H10BNO3.Ru/c17-9-11-2-1-3-13(5-4-11)20-14-6-7-15-12(8-14)10-19-16(15)18;/h1,3-8,18H,10H2;. The minimum absolute atomic E-state index is 0. The Balaban J connectivity index is 0.00000161. The second-order valence-corrected chi connectivity index (χ2v) is 4.36. The maximum atomic E-state index is 9.55. The minimum Gasteiger partial charge on any atom is -0.457 e. The van der Waals surface area contributed by atoms with Crippen LogP contribution >= 0.6 is 0 Å². The fraction of sp³-hybridized carbons (Fsp3) is 0.0667. The first-order valence-corrected chi connectivity index (χ1v) is 6.12. The summed E-state index contributed by atoms with van der Waals surface area (Å²) in [6.45, 7) is 0.378. The van der Waals surface area contributed by atoms with E-state index in [4.69, 9.17) is 14.7 Å². The molecule has 0 spiro atoms. The molecule has 0 aromatic heterocycles. The minimum atomic E-state index is -0.846. The molecule has 0 atom stereocenters. The van der Waals surface area contributed by atoms with E-state index >= 15 is 0 Å². The van der Waals surface area contributed by atoms with E-state index in [1.54, 1.807) is 36.4 Å². The van der Waals surface area contributed by atoms with Crippen molar-refractivity contribution in [3.05, 3.63) is 65.1 Å². The molecule has 6 heteroatoms. The van der Waals surface area contributed by atoms with Gasteiger partial charge in [-0.15, -0.1) is 5.73 Å².